The first-order valence-corrected chi connectivity index (χ1v) is 8.44. The number of halogens is 2. The molecule has 3 N–H and O–H groups in total. The van der Waals surface area contributed by atoms with E-state index in [9.17, 15) is 0 Å². The Morgan fingerprint density at radius 1 is 1.33 bits per heavy atom. The number of nitrogen functional groups attached to an aromatic ring is 1. The average molecular weight is 414 g/mol. The van der Waals surface area contributed by atoms with Gasteiger partial charge in [0, 0.05) is 21.3 Å². The molecule has 2 aromatic heterocycles. The molecule has 0 saturated carbocycles. The van der Waals surface area contributed by atoms with Gasteiger partial charge < -0.3 is 11.1 Å². The fraction of sp³-hybridized carbons (Fsp3) is 0.333. The Hall–Kier alpha value is -0.980. The van der Waals surface area contributed by atoms with Gasteiger partial charge in [0.25, 0.3) is 0 Å². The van der Waals surface area contributed by atoms with Crippen LogP contribution < -0.4 is 11.1 Å². The predicted octanol–water partition coefficient (Wildman–Crippen LogP) is 3.87. The first-order chi connectivity index (χ1) is 10.1. The highest BCUT2D eigenvalue weighted by atomic mass is 79.9. The van der Waals surface area contributed by atoms with E-state index in [1.807, 2.05) is 24.4 Å². The summed E-state index contributed by atoms with van der Waals surface area (Å²) < 4.78 is 1.93. The summed E-state index contributed by atoms with van der Waals surface area (Å²) in [5.74, 6) is 0.578. The SMILES string of the molecule is CCCNC(Cc1cccnc1N)c1ncc(Br)cc1Br. The highest BCUT2D eigenvalue weighted by Gasteiger charge is 2.17. The summed E-state index contributed by atoms with van der Waals surface area (Å²) in [6, 6.07) is 6.02. The maximum absolute atomic E-state index is 5.96. The van der Waals surface area contributed by atoms with E-state index >= 15 is 0 Å². The van der Waals surface area contributed by atoms with E-state index in [4.69, 9.17) is 5.73 Å². The normalized spacial score (nSPS) is 12.3. The third-order valence-electron chi connectivity index (χ3n) is 3.16. The van der Waals surface area contributed by atoms with Gasteiger partial charge in [0.1, 0.15) is 5.82 Å². The second kappa shape index (κ2) is 7.87. The van der Waals surface area contributed by atoms with Gasteiger partial charge in [-0.15, -0.1) is 0 Å². The molecule has 6 heteroatoms. The summed E-state index contributed by atoms with van der Waals surface area (Å²) in [4.78, 5) is 8.69. The lowest BCUT2D eigenvalue weighted by Crippen LogP contribution is -2.25. The van der Waals surface area contributed by atoms with E-state index in [0.717, 1.165) is 39.6 Å². The molecule has 21 heavy (non-hydrogen) atoms. The molecule has 4 nitrogen and oxygen atoms in total. The van der Waals surface area contributed by atoms with Crippen LogP contribution in [0.5, 0.6) is 0 Å². The Bertz CT molecular complexity index is 604. The van der Waals surface area contributed by atoms with Crippen LogP contribution in [0.4, 0.5) is 5.82 Å². The number of rotatable bonds is 6. The molecule has 1 unspecified atom stereocenters. The van der Waals surface area contributed by atoms with Gasteiger partial charge in [0.05, 0.1) is 11.7 Å². The summed E-state index contributed by atoms with van der Waals surface area (Å²) in [6.07, 6.45) is 5.34. The zero-order valence-corrected chi connectivity index (χ0v) is 15.0. The highest BCUT2D eigenvalue weighted by molar-refractivity contribution is 9.11. The van der Waals surface area contributed by atoms with Crippen LogP contribution in [0.15, 0.2) is 39.5 Å². The van der Waals surface area contributed by atoms with Crippen LogP contribution in [0, 0.1) is 0 Å². The molecule has 112 valence electrons. The Kier molecular flexibility index (Phi) is 6.14. The smallest absolute Gasteiger partial charge is 0.126 e. The quantitative estimate of drug-likeness (QED) is 0.754. The Balaban J connectivity index is 2.27. The van der Waals surface area contributed by atoms with Crippen LogP contribution in [0.1, 0.15) is 30.6 Å². The molecule has 0 aromatic carbocycles. The summed E-state index contributed by atoms with van der Waals surface area (Å²) in [7, 11) is 0. The third-order valence-corrected chi connectivity index (χ3v) is 4.23. The minimum atomic E-state index is 0.0962. The molecule has 0 aliphatic rings. The van der Waals surface area contributed by atoms with Crippen LogP contribution in [-0.2, 0) is 6.42 Å². The first-order valence-electron chi connectivity index (χ1n) is 6.85. The largest absolute Gasteiger partial charge is 0.383 e. The minimum absolute atomic E-state index is 0.0962. The molecular formula is C15H18Br2N4. The summed E-state index contributed by atoms with van der Waals surface area (Å²) >= 11 is 7.03. The van der Waals surface area contributed by atoms with E-state index in [2.05, 4.69) is 54.1 Å². The molecular weight excluding hydrogens is 396 g/mol. The molecule has 2 rings (SSSR count). The van der Waals surface area contributed by atoms with Crippen LogP contribution in [0.3, 0.4) is 0 Å². The summed E-state index contributed by atoms with van der Waals surface area (Å²) in [6.45, 7) is 3.07. The number of nitrogens with zero attached hydrogens (tertiary/aromatic N) is 2. The second-order valence-corrected chi connectivity index (χ2v) is 6.55. The van der Waals surface area contributed by atoms with Gasteiger partial charge in [0.15, 0.2) is 0 Å². The molecule has 0 fully saturated rings. The first kappa shape index (κ1) is 16.4. The maximum atomic E-state index is 5.96. The van der Waals surface area contributed by atoms with E-state index in [0.29, 0.717) is 5.82 Å². The third kappa shape index (κ3) is 4.49. The number of anilines is 1. The van der Waals surface area contributed by atoms with E-state index in [1.165, 1.54) is 0 Å². The molecule has 2 aromatic rings. The predicted molar refractivity (Wildman–Crippen MR) is 93.0 cm³/mol. The number of nitrogens with two attached hydrogens (primary N) is 1. The van der Waals surface area contributed by atoms with Crippen LogP contribution in [0.2, 0.25) is 0 Å². The molecule has 0 spiro atoms. The zero-order chi connectivity index (χ0) is 15.2. The van der Waals surface area contributed by atoms with Crippen molar-refractivity contribution in [2.75, 3.05) is 12.3 Å². The number of aromatic nitrogens is 2. The molecule has 0 radical (unpaired) electrons. The monoisotopic (exact) mass is 412 g/mol. The van der Waals surface area contributed by atoms with Crippen molar-refractivity contribution in [2.45, 2.75) is 25.8 Å². The molecule has 2 heterocycles. The summed E-state index contributed by atoms with van der Waals surface area (Å²) in [5, 5.41) is 3.53. The fourth-order valence-electron chi connectivity index (χ4n) is 2.11. The molecule has 0 aliphatic carbocycles. The Morgan fingerprint density at radius 2 is 2.14 bits per heavy atom. The van der Waals surface area contributed by atoms with Crippen molar-refractivity contribution < 1.29 is 0 Å². The van der Waals surface area contributed by atoms with Gasteiger partial charge in [-0.05, 0) is 68.9 Å². The van der Waals surface area contributed by atoms with E-state index < -0.39 is 0 Å². The molecule has 0 saturated heterocycles. The Morgan fingerprint density at radius 3 is 2.81 bits per heavy atom. The van der Waals surface area contributed by atoms with Crippen molar-refractivity contribution in [2.24, 2.45) is 0 Å². The standard InChI is InChI=1S/C15H18Br2N4/c1-2-5-19-13(7-10-4-3-6-20-15(10)18)14-12(17)8-11(16)9-21-14/h3-4,6,8-9,13,19H,2,5,7H2,1H3,(H2,18,20). The zero-order valence-electron chi connectivity index (χ0n) is 11.8. The van der Waals surface area contributed by atoms with Crippen molar-refractivity contribution in [3.8, 4) is 0 Å². The van der Waals surface area contributed by atoms with Crippen LogP contribution in [0.25, 0.3) is 0 Å². The van der Waals surface area contributed by atoms with Crippen LogP contribution in [-0.4, -0.2) is 16.5 Å². The lowest BCUT2D eigenvalue weighted by molar-refractivity contribution is 0.516. The van der Waals surface area contributed by atoms with Gasteiger partial charge in [-0.2, -0.15) is 0 Å². The lowest BCUT2D eigenvalue weighted by atomic mass is 10.0. The number of hydrogen-bond donors (Lipinski definition) is 2. The molecule has 0 bridgehead atoms. The molecule has 0 aliphatic heterocycles. The fourth-order valence-corrected chi connectivity index (χ4v) is 3.37. The van der Waals surface area contributed by atoms with E-state index in [1.54, 1.807) is 6.20 Å². The number of pyridine rings is 2. The Labute approximate surface area is 141 Å². The van der Waals surface area contributed by atoms with Crippen molar-refractivity contribution >= 4 is 37.7 Å². The average Bonchev–Trinajstić information content (AvgIpc) is 2.46. The second-order valence-electron chi connectivity index (χ2n) is 4.78. The van der Waals surface area contributed by atoms with Gasteiger partial charge in [-0.25, -0.2) is 4.98 Å². The van der Waals surface area contributed by atoms with Gasteiger partial charge in [0.2, 0.25) is 0 Å². The summed E-state index contributed by atoms with van der Waals surface area (Å²) in [5.41, 5.74) is 7.97. The highest BCUT2D eigenvalue weighted by Crippen LogP contribution is 2.27. The van der Waals surface area contributed by atoms with Gasteiger partial charge in [-0.3, -0.25) is 4.98 Å². The van der Waals surface area contributed by atoms with E-state index in [-0.39, 0.29) is 6.04 Å². The van der Waals surface area contributed by atoms with Crippen LogP contribution >= 0.6 is 31.9 Å². The maximum Gasteiger partial charge on any atom is 0.126 e. The molecule has 0 amide bonds. The van der Waals surface area contributed by atoms with Crippen molar-refractivity contribution in [3.05, 3.63) is 50.8 Å². The minimum Gasteiger partial charge on any atom is -0.383 e. The molecule has 1 atom stereocenters. The topological polar surface area (TPSA) is 63.8 Å². The van der Waals surface area contributed by atoms with Crippen molar-refractivity contribution in [1.29, 1.82) is 0 Å². The van der Waals surface area contributed by atoms with Crippen molar-refractivity contribution in [1.82, 2.24) is 15.3 Å². The van der Waals surface area contributed by atoms with Crippen molar-refractivity contribution in [3.63, 3.8) is 0 Å². The van der Waals surface area contributed by atoms with Gasteiger partial charge in [-0.1, -0.05) is 13.0 Å². The number of hydrogen-bond acceptors (Lipinski definition) is 4. The lowest BCUT2D eigenvalue weighted by Gasteiger charge is -2.20. The van der Waals surface area contributed by atoms with Gasteiger partial charge >= 0.3 is 0 Å². The number of nitrogens with one attached hydrogen (secondary N) is 1.